The highest BCUT2D eigenvalue weighted by atomic mass is 32.2. The van der Waals surface area contributed by atoms with E-state index in [0.717, 1.165) is 16.7 Å². The topological polar surface area (TPSA) is 49.4 Å². The second-order valence-corrected chi connectivity index (χ2v) is 6.82. The van der Waals surface area contributed by atoms with Crippen molar-refractivity contribution in [3.8, 4) is 0 Å². The van der Waals surface area contributed by atoms with Crippen molar-refractivity contribution in [3.63, 3.8) is 0 Å². The van der Waals surface area contributed by atoms with Crippen LogP contribution in [0.3, 0.4) is 0 Å². The molecule has 2 amide bonds. The summed E-state index contributed by atoms with van der Waals surface area (Å²) in [6.45, 7) is 0.487. The largest absolute Gasteiger partial charge is 0.350 e. The van der Waals surface area contributed by atoms with E-state index in [1.165, 1.54) is 0 Å². The number of carbonyl (C=O) groups excluding carboxylic acids is 2. The number of benzene rings is 2. The molecule has 2 heterocycles. The third kappa shape index (κ3) is 2.41. The third-order valence-corrected chi connectivity index (χ3v) is 5.61. The molecule has 0 saturated carbocycles. The van der Waals surface area contributed by atoms with Gasteiger partial charge in [-0.2, -0.15) is 0 Å². The second-order valence-electron chi connectivity index (χ2n) is 5.70. The quantitative estimate of drug-likeness (QED) is 0.944. The molecule has 116 valence electrons. The molecule has 2 aromatic carbocycles. The average molecular weight is 324 g/mol. The van der Waals surface area contributed by atoms with Crippen molar-refractivity contribution in [1.29, 1.82) is 0 Å². The molecule has 0 spiro atoms. The average Bonchev–Trinajstić information content (AvgIpc) is 3.15. The first kappa shape index (κ1) is 14.3. The van der Waals surface area contributed by atoms with Gasteiger partial charge in [-0.3, -0.25) is 9.59 Å². The summed E-state index contributed by atoms with van der Waals surface area (Å²) in [5.74, 6) is 0.534. The Balaban J connectivity index is 1.49. The van der Waals surface area contributed by atoms with Gasteiger partial charge in [0.15, 0.2) is 0 Å². The number of rotatable bonds is 3. The summed E-state index contributed by atoms with van der Waals surface area (Å²) in [4.78, 5) is 26.9. The predicted octanol–water partition coefficient (Wildman–Crippen LogP) is 2.57. The van der Waals surface area contributed by atoms with E-state index in [4.69, 9.17) is 0 Å². The highest BCUT2D eigenvalue weighted by molar-refractivity contribution is 7.99. The van der Waals surface area contributed by atoms with Crippen LogP contribution >= 0.6 is 11.8 Å². The van der Waals surface area contributed by atoms with Gasteiger partial charge in [-0.15, -0.1) is 11.8 Å². The zero-order valence-corrected chi connectivity index (χ0v) is 13.3. The first-order chi connectivity index (χ1) is 11.3. The van der Waals surface area contributed by atoms with E-state index in [-0.39, 0.29) is 17.2 Å². The van der Waals surface area contributed by atoms with Crippen molar-refractivity contribution in [2.75, 3.05) is 5.75 Å². The van der Waals surface area contributed by atoms with Gasteiger partial charge in [0.05, 0.1) is 0 Å². The molecule has 2 atom stereocenters. The molecule has 5 heteroatoms. The van der Waals surface area contributed by atoms with Crippen molar-refractivity contribution >= 4 is 23.6 Å². The van der Waals surface area contributed by atoms with Crippen LogP contribution in [-0.4, -0.2) is 28.5 Å². The Labute approximate surface area is 138 Å². The van der Waals surface area contributed by atoms with Crippen LogP contribution in [0.15, 0.2) is 54.6 Å². The van der Waals surface area contributed by atoms with Gasteiger partial charge in [-0.25, -0.2) is 0 Å². The summed E-state index contributed by atoms with van der Waals surface area (Å²) in [7, 11) is 0. The molecule has 0 radical (unpaired) electrons. The maximum atomic E-state index is 12.6. The Morgan fingerprint density at radius 1 is 1.13 bits per heavy atom. The van der Waals surface area contributed by atoms with E-state index < -0.39 is 6.04 Å². The molecule has 2 aromatic rings. The minimum atomic E-state index is -0.395. The van der Waals surface area contributed by atoms with Crippen molar-refractivity contribution in [2.45, 2.75) is 18.0 Å². The van der Waals surface area contributed by atoms with Crippen LogP contribution in [0.1, 0.15) is 26.9 Å². The molecule has 4 nitrogen and oxygen atoms in total. The Bertz CT molecular complexity index is 763. The first-order valence-corrected chi connectivity index (χ1v) is 8.65. The lowest BCUT2D eigenvalue weighted by Gasteiger charge is -2.22. The van der Waals surface area contributed by atoms with Crippen LogP contribution < -0.4 is 5.32 Å². The van der Waals surface area contributed by atoms with Crippen LogP contribution in [0.2, 0.25) is 0 Å². The van der Waals surface area contributed by atoms with Gasteiger partial charge in [0.25, 0.3) is 5.91 Å². The molecule has 1 saturated heterocycles. The van der Waals surface area contributed by atoms with Gasteiger partial charge in [0.1, 0.15) is 11.4 Å². The molecule has 0 aliphatic carbocycles. The lowest BCUT2D eigenvalue weighted by Crippen LogP contribution is -2.45. The lowest BCUT2D eigenvalue weighted by molar-refractivity contribution is -0.124. The molecule has 0 aromatic heterocycles. The maximum absolute atomic E-state index is 12.6. The number of thioether (sulfide) groups is 1. The maximum Gasteiger partial charge on any atom is 0.256 e. The number of hydrogen-bond acceptors (Lipinski definition) is 3. The molecule has 2 aliphatic rings. The summed E-state index contributed by atoms with van der Waals surface area (Å²) in [5, 5.41) is 2.93. The van der Waals surface area contributed by atoms with Crippen LogP contribution in [0.4, 0.5) is 0 Å². The van der Waals surface area contributed by atoms with Gasteiger partial charge in [0, 0.05) is 17.9 Å². The number of nitrogens with zero attached hydrogens (tertiary/aromatic N) is 1. The van der Waals surface area contributed by atoms with E-state index in [1.54, 1.807) is 16.7 Å². The first-order valence-electron chi connectivity index (χ1n) is 7.60. The monoisotopic (exact) mass is 324 g/mol. The van der Waals surface area contributed by atoms with Crippen LogP contribution in [-0.2, 0) is 11.3 Å². The van der Waals surface area contributed by atoms with Crippen LogP contribution in [0.25, 0.3) is 0 Å². The molecule has 2 aliphatic heterocycles. The van der Waals surface area contributed by atoms with Crippen molar-refractivity contribution in [3.05, 3.63) is 71.3 Å². The third-order valence-electron chi connectivity index (χ3n) is 4.30. The molecular formula is C18H16N2O2S. The van der Waals surface area contributed by atoms with Crippen LogP contribution in [0, 0.1) is 0 Å². The van der Waals surface area contributed by atoms with E-state index in [2.05, 4.69) is 5.32 Å². The van der Waals surface area contributed by atoms with Gasteiger partial charge >= 0.3 is 0 Å². The summed E-state index contributed by atoms with van der Waals surface area (Å²) >= 11 is 1.66. The van der Waals surface area contributed by atoms with E-state index in [1.807, 2.05) is 54.6 Å². The normalized spacial score (nSPS) is 21.9. The van der Waals surface area contributed by atoms with Gasteiger partial charge < -0.3 is 10.2 Å². The molecule has 4 rings (SSSR count). The number of nitrogens with one attached hydrogen (secondary N) is 1. The van der Waals surface area contributed by atoms with Gasteiger partial charge in [-0.1, -0.05) is 48.5 Å². The van der Waals surface area contributed by atoms with Gasteiger partial charge in [0.2, 0.25) is 5.91 Å². The van der Waals surface area contributed by atoms with Crippen molar-refractivity contribution < 1.29 is 9.59 Å². The molecule has 1 fully saturated rings. The molecule has 0 unspecified atom stereocenters. The Morgan fingerprint density at radius 3 is 2.70 bits per heavy atom. The number of amides is 2. The fourth-order valence-electron chi connectivity index (χ4n) is 3.15. The zero-order chi connectivity index (χ0) is 15.8. The summed E-state index contributed by atoms with van der Waals surface area (Å²) in [6.07, 6.45) is 0. The minimum absolute atomic E-state index is 0.0221. The standard InChI is InChI=1S/C18H16N2O2S/c21-16(19-10-12-6-2-1-3-7-12)15-11-23-18-14-9-5-4-8-13(14)17(22)20(15)18/h1-9,15,18H,10-11H2,(H,19,21)/t15-,18-/m0/s1. The highest BCUT2D eigenvalue weighted by Gasteiger charge is 2.48. The number of carbonyl (C=O) groups is 2. The summed E-state index contributed by atoms with van der Waals surface area (Å²) < 4.78 is 0. The minimum Gasteiger partial charge on any atom is -0.350 e. The molecule has 0 bridgehead atoms. The zero-order valence-electron chi connectivity index (χ0n) is 12.4. The second kappa shape index (κ2) is 5.74. The SMILES string of the molecule is O=C(NCc1ccccc1)[C@@H]1CS[C@H]2c3ccccc3C(=O)N12. The molecular weight excluding hydrogens is 308 g/mol. The number of fused-ring (bicyclic) bond motifs is 3. The fraction of sp³-hybridized carbons (Fsp3) is 0.222. The van der Waals surface area contributed by atoms with Crippen molar-refractivity contribution in [2.24, 2.45) is 0 Å². The Morgan fingerprint density at radius 2 is 1.87 bits per heavy atom. The summed E-state index contributed by atoms with van der Waals surface area (Å²) in [5.41, 5.74) is 2.81. The van der Waals surface area contributed by atoms with E-state index in [9.17, 15) is 9.59 Å². The van der Waals surface area contributed by atoms with Crippen molar-refractivity contribution in [1.82, 2.24) is 10.2 Å². The van der Waals surface area contributed by atoms with E-state index >= 15 is 0 Å². The number of hydrogen-bond donors (Lipinski definition) is 1. The lowest BCUT2D eigenvalue weighted by atomic mass is 10.1. The smallest absolute Gasteiger partial charge is 0.256 e. The predicted molar refractivity (Wildman–Crippen MR) is 89.9 cm³/mol. The Kier molecular flexibility index (Phi) is 3.58. The van der Waals surface area contributed by atoms with Crippen LogP contribution in [0.5, 0.6) is 0 Å². The fourth-order valence-corrected chi connectivity index (χ4v) is 4.61. The molecule has 23 heavy (non-hydrogen) atoms. The molecule has 1 N–H and O–H groups in total. The Hall–Kier alpha value is -2.27. The summed E-state index contributed by atoms with van der Waals surface area (Å²) in [6, 6.07) is 17.0. The van der Waals surface area contributed by atoms with Gasteiger partial charge in [-0.05, 0) is 17.2 Å². The van der Waals surface area contributed by atoms with E-state index in [0.29, 0.717) is 12.3 Å². The highest BCUT2D eigenvalue weighted by Crippen LogP contribution is 2.47.